The minimum Gasteiger partial charge on any atom is -0.490 e. The number of carbonyl (C=O) groups is 4. The van der Waals surface area contributed by atoms with E-state index in [1.54, 1.807) is 30.0 Å². The van der Waals surface area contributed by atoms with Crippen molar-refractivity contribution in [3.05, 3.63) is 27.1 Å². The zero-order valence-corrected chi connectivity index (χ0v) is 20.5. The predicted octanol–water partition coefficient (Wildman–Crippen LogP) is 2.29. The fourth-order valence-electron chi connectivity index (χ4n) is 3.10. The van der Waals surface area contributed by atoms with Gasteiger partial charge < -0.3 is 23.8 Å². The molecule has 10 nitrogen and oxygen atoms in total. The number of morpholine rings is 1. The Hall–Kier alpha value is -2.57. The molecular weight excluding hydrogens is 520 g/mol. The van der Waals surface area contributed by atoms with Crippen LogP contribution in [0.5, 0.6) is 11.5 Å². The summed E-state index contributed by atoms with van der Waals surface area (Å²) in [5.41, 5.74) is 0.570. The molecular formula is C21H23BrN2O8S. The summed E-state index contributed by atoms with van der Waals surface area (Å²) in [5.74, 6) is -0.719. The van der Waals surface area contributed by atoms with Crippen LogP contribution < -0.4 is 9.47 Å². The van der Waals surface area contributed by atoms with Gasteiger partial charge in [-0.15, -0.1) is 0 Å². The van der Waals surface area contributed by atoms with Crippen LogP contribution in [0.25, 0.3) is 6.08 Å². The minimum atomic E-state index is -0.547. The quantitative estimate of drug-likeness (QED) is 0.360. The van der Waals surface area contributed by atoms with Crippen molar-refractivity contribution in [3.8, 4) is 11.5 Å². The average molecular weight is 543 g/mol. The number of hydrogen-bond acceptors (Lipinski definition) is 9. The second-order valence-corrected chi connectivity index (χ2v) is 8.74. The molecule has 1 aromatic rings. The third-order valence-electron chi connectivity index (χ3n) is 4.72. The molecule has 178 valence electrons. The van der Waals surface area contributed by atoms with E-state index in [0.29, 0.717) is 54.4 Å². The number of imide groups is 1. The van der Waals surface area contributed by atoms with E-state index in [2.05, 4.69) is 20.7 Å². The van der Waals surface area contributed by atoms with Gasteiger partial charge in [-0.05, 0) is 58.4 Å². The van der Waals surface area contributed by atoms with Gasteiger partial charge in [-0.2, -0.15) is 0 Å². The van der Waals surface area contributed by atoms with Crippen molar-refractivity contribution >= 4 is 56.8 Å². The molecule has 3 rings (SSSR count). The number of carbonyl (C=O) groups excluding carboxylic acids is 4. The van der Waals surface area contributed by atoms with Crippen LogP contribution in [0.3, 0.4) is 0 Å². The highest BCUT2D eigenvalue weighted by atomic mass is 79.9. The Morgan fingerprint density at radius 1 is 1.21 bits per heavy atom. The van der Waals surface area contributed by atoms with Crippen molar-refractivity contribution in [3.63, 3.8) is 0 Å². The number of halogens is 1. The smallest absolute Gasteiger partial charge is 0.343 e. The number of ether oxygens (including phenoxy) is 4. The van der Waals surface area contributed by atoms with Gasteiger partial charge in [-0.3, -0.25) is 19.3 Å². The molecule has 3 amide bonds. The molecule has 0 atom stereocenters. The molecule has 2 aliphatic heterocycles. The number of benzene rings is 1. The predicted molar refractivity (Wildman–Crippen MR) is 123 cm³/mol. The SMILES string of the molecule is CCOc1cc(/C=C2/SC(=O)N(CC(=O)N3CCOCC3)C2=O)cc(Br)c1OCC(=O)OC. The van der Waals surface area contributed by atoms with E-state index in [4.69, 9.17) is 14.2 Å². The summed E-state index contributed by atoms with van der Waals surface area (Å²) in [6, 6.07) is 3.30. The molecule has 0 bridgehead atoms. The van der Waals surface area contributed by atoms with E-state index in [1.165, 1.54) is 7.11 Å². The third kappa shape index (κ3) is 6.27. The zero-order valence-electron chi connectivity index (χ0n) is 18.1. The molecule has 12 heteroatoms. The van der Waals surface area contributed by atoms with Gasteiger partial charge in [-0.25, -0.2) is 4.79 Å². The summed E-state index contributed by atoms with van der Waals surface area (Å²) in [6.07, 6.45) is 1.54. The van der Waals surface area contributed by atoms with Crippen molar-refractivity contribution in [1.29, 1.82) is 0 Å². The molecule has 2 saturated heterocycles. The first-order valence-electron chi connectivity index (χ1n) is 10.1. The Bertz CT molecular complexity index is 977. The summed E-state index contributed by atoms with van der Waals surface area (Å²) in [6.45, 7) is 3.26. The van der Waals surface area contributed by atoms with E-state index in [9.17, 15) is 19.2 Å². The van der Waals surface area contributed by atoms with Gasteiger partial charge in [0.25, 0.3) is 11.1 Å². The van der Waals surface area contributed by atoms with E-state index < -0.39 is 17.1 Å². The maximum absolute atomic E-state index is 12.8. The zero-order chi connectivity index (χ0) is 24.0. The number of thioether (sulfide) groups is 1. The Morgan fingerprint density at radius 3 is 2.61 bits per heavy atom. The first kappa shape index (κ1) is 25.1. The van der Waals surface area contributed by atoms with Gasteiger partial charge in [0.05, 0.1) is 36.3 Å². The van der Waals surface area contributed by atoms with Crippen molar-refractivity contribution in [2.45, 2.75) is 6.92 Å². The van der Waals surface area contributed by atoms with Gasteiger partial charge in [-0.1, -0.05) is 0 Å². The topological polar surface area (TPSA) is 112 Å². The monoisotopic (exact) mass is 542 g/mol. The number of hydrogen-bond donors (Lipinski definition) is 0. The van der Waals surface area contributed by atoms with Crippen LogP contribution in [-0.4, -0.2) is 86.0 Å². The van der Waals surface area contributed by atoms with Crippen molar-refractivity contribution < 1.29 is 38.1 Å². The lowest BCUT2D eigenvalue weighted by Crippen LogP contribution is -2.46. The molecule has 0 N–H and O–H groups in total. The number of esters is 1. The van der Waals surface area contributed by atoms with E-state index in [0.717, 1.165) is 16.7 Å². The number of rotatable bonds is 8. The molecule has 2 fully saturated rings. The summed E-state index contributed by atoms with van der Waals surface area (Å²) >= 11 is 4.16. The maximum Gasteiger partial charge on any atom is 0.343 e. The van der Waals surface area contributed by atoms with Crippen LogP contribution in [-0.2, 0) is 23.9 Å². The van der Waals surface area contributed by atoms with Crippen LogP contribution in [0, 0.1) is 0 Å². The highest BCUT2D eigenvalue weighted by molar-refractivity contribution is 9.10. The highest BCUT2D eigenvalue weighted by Gasteiger charge is 2.37. The Labute approximate surface area is 203 Å². The summed E-state index contributed by atoms with van der Waals surface area (Å²) in [4.78, 5) is 51.8. The van der Waals surface area contributed by atoms with E-state index in [-0.39, 0.29) is 24.0 Å². The van der Waals surface area contributed by atoms with Crippen LogP contribution in [0.15, 0.2) is 21.5 Å². The molecule has 0 saturated carbocycles. The van der Waals surface area contributed by atoms with Gasteiger partial charge >= 0.3 is 5.97 Å². The molecule has 2 heterocycles. The van der Waals surface area contributed by atoms with Crippen LogP contribution >= 0.6 is 27.7 Å². The van der Waals surface area contributed by atoms with Crippen LogP contribution in [0.1, 0.15) is 12.5 Å². The first-order chi connectivity index (χ1) is 15.8. The lowest BCUT2D eigenvalue weighted by Gasteiger charge is -2.28. The molecule has 0 radical (unpaired) electrons. The van der Waals surface area contributed by atoms with E-state index >= 15 is 0 Å². The average Bonchev–Trinajstić information content (AvgIpc) is 3.06. The van der Waals surface area contributed by atoms with E-state index in [1.807, 2.05) is 0 Å². The fraction of sp³-hybridized carbons (Fsp3) is 0.429. The Balaban J connectivity index is 1.77. The number of amides is 3. The van der Waals surface area contributed by atoms with Gasteiger partial charge in [0, 0.05) is 13.1 Å². The summed E-state index contributed by atoms with van der Waals surface area (Å²) in [5, 5.41) is -0.505. The minimum absolute atomic E-state index is 0.187. The standard InChI is InChI=1S/C21H23BrN2O8S/c1-3-31-15-9-13(8-14(22)19(15)32-12-18(26)29-2)10-16-20(27)24(21(28)33-16)11-17(25)23-4-6-30-7-5-23/h8-10H,3-7,11-12H2,1-2H3/b16-10+. The lowest BCUT2D eigenvalue weighted by molar-refractivity contribution is -0.143. The van der Waals surface area contributed by atoms with Gasteiger partial charge in [0.2, 0.25) is 5.91 Å². The van der Waals surface area contributed by atoms with Crippen LogP contribution in [0.2, 0.25) is 0 Å². The molecule has 2 aliphatic rings. The molecule has 33 heavy (non-hydrogen) atoms. The number of nitrogens with zero attached hydrogens (tertiary/aromatic N) is 2. The Kier molecular flexibility index (Phi) is 8.75. The van der Waals surface area contributed by atoms with Crippen LogP contribution in [0.4, 0.5) is 4.79 Å². The normalized spacial score (nSPS) is 17.5. The second-order valence-electron chi connectivity index (χ2n) is 6.89. The largest absolute Gasteiger partial charge is 0.490 e. The number of methoxy groups -OCH3 is 1. The molecule has 0 aromatic heterocycles. The molecule has 0 aliphatic carbocycles. The lowest BCUT2D eigenvalue weighted by atomic mass is 10.2. The molecule has 0 unspecified atom stereocenters. The maximum atomic E-state index is 12.8. The molecule has 0 spiro atoms. The first-order valence-corrected chi connectivity index (χ1v) is 11.7. The van der Waals surface area contributed by atoms with Gasteiger partial charge in [0.15, 0.2) is 18.1 Å². The molecule has 1 aromatic carbocycles. The van der Waals surface area contributed by atoms with Crippen molar-refractivity contribution in [2.24, 2.45) is 0 Å². The van der Waals surface area contributed by atoms with Gasteiger partial charge in [0.1, 0.15) is 6.54 Å². The second kappa shape index (κ2) is 11.5. The fourth-order valence-corrected chi connectivity index (χ4v) is 4.51. The highest BCUT2D eigenvalue weighted by Crippen LogP contribution is 2.39. The third-order valence-corrected chi connectivity index (χ3v) is 6.22. The summed E-state index contributed by atoms with van der Waals surface area (Å²) < 4.78 is 21.4. The van der Waals surface area contributed by atoms with Crippen molar-refractivity contribution in [1.82, 2.24) is 9.80 Å². The Morgan fingerprint density at radius 2 is 1.94 bits per heavy atom. The summed E-state index contributed by atoms with van der Waals surface area (Å²) in [7, 11) is 1.26. The van der Waals surface area contributed by atoms with Crippen molar-refractivity contribution in [2.75, 3.05) is 53.2 Å².